The van der Waals surface area contributed by atoms with Crippen molar-refractivity contribution in [1.29, 1.82) is 0 Å². The number of nitrogens with one attached hydrogen (secondary N) is 1. The number of phenolic OH excluding ortho intramolecular Hbond substituents is 1. The first-order valence-electron chi connectivity index (χ1n) is 4.31. The van der Waals surface area contributed by atoms with Gasteiger partial charge in [-0.2, -0.15) is 5.10 Å². The van der Waals surface area contributed by atoms with Crippen molar-refractivity contribution < 1.29 is 15.1 Å². The Balaban J connectivity index is 2.87. The predicted molar refractivity (Wildman–Crippen MR) is 58.8 cm³/mol. The Morgan fingerprint density at radius 1 is 1.56 bits per heavy atom. The molecule has 0 saturated heterocycles. The molecular formula is C9H12N4O3. The molecule has 0 aliphatic heterocycles. The van der Waals surface area contributed by atoms with Crippen LogP contribution >= 0.6 is 0 Å². The van der Waals surface area contributed by atoms with E-state index in [0.29, 0.717) is 11.3 Å². The van der Waals surface area contributed by atoms with Crippen LogP contribution in [0.1, 0.15) is 5.56 Å². The minimum absolute atomic E-state index is 0.0373. The van der Waals surface area contributed by atoms with Crippen molar-refractivity contribution in [3.8, 4) is 11.5 Å². The SMILES string of the molecule is COc1ccc(O)c(/C=N\N=C(N)NO)c1. The number of hydrogen-bond acceptors (Lipinski definition) is 5. The fraction of sp³-hybridized carbons (Fsp3) is 0.111. The molecule has 0 heterocycles. The third-order valence-corrected chi connectivity index (χ3v) is 1.71. The molecule has 0 atom stereocenters. The molecule has 1 rings (SSSR count). The normalized spacial score (nSPS) is 11.8. The number of guanidine groups is 1. The van der Waals surface area contributed by atoms with E-state index >= 15 is 0 Å². The van der Waals surface area contributed by atoms with E-state index in [1.807, 2.05) is 0 Å². The van der Waals surface area contributed by atoms with Crippen LogP contribution in [-0.4, -0.2) is 29.6 Å². The van der Waals surface area contributed by atoms with Crippen LogP contribution in [-0.2, 0) is 0 Å². The fourth-order valence-electron chi connectivity index (χ4n) is 0.939. The minimum Gasteiger partial charge on any atom is -0.507 e. The number of aromatic hydroxyl groups is 1. The maximum absolute atomic E-state index is 9.46. The summed E-state index contributed by atoms with van der Waals surface area (Å²) in [5, 5.41) is 24.7. The van der Waals surface area contributed by atoms with E-state index in [4.69, 9.17) is 15.7 Å². The van der Waals surface area contributed by atoms with E-state index in [0.717, 1.165) is 0 Å². The molecule has 0 fully saturated rings. The van der Waals surface area contributed by atoms with E-state index in [-0.39, 0.29) is 11.7 Å². The lowest BCUT2D eigenvalue weighted by Crippen LogP contribution is -2.27. The van der Waals surface area contributed by atoms with Gasteiger partial charge in [-0.1, -0.05) is 0 Å². The molecule has 1 aromatic carbocycles. The Morgan fingerprint density at radius 3 is 2.94 bits per heavy atom. The highest BCUT2D eigenvalue weighted by atomic mass is 16.5. The van der Waals surface area contributed by atoms with Crippen molar-refractivity contribution in [1.82, 2.24) is 5.48 Å². The molecule has 7 nitrogen and oxygen atoms in total. The first-order valence-corrected chi connectivity index (χ1v) is 4.31. The largest absolute Gasteiger partial charge is 0.507 e. The molecule has 0 spiro atoms. The van der Waals surface area contributed by atoms with E-state index in [1.165, 1.54) is 19.4 Å². The molecule has 0 amide bonds. The van der Waals surface area contributed by atoms with E-state index < -0.39 is 0 Å². The van der Waals surface area contributed by atoms with Crippen LogP contribution in [0.15, 0.2) is 28.4 Å². The number of ether oxygens (including phenoxy) is 1. The summed E-state index contributed by atoms with van der Waals surface area (Å²) >= 11 is 0. The second kappa shape index (κ2) is 5.56. The number of methoxy groups -OCH3 is 1. The van der Waals surface area contributed by atoms with Crippen molar-refractivity contribution in [2.45, 2.75) is 0 Å². The average molecular weight is 224 g/mol. The molecule has 0 aliphatic carbocycles. The van der Waals surface area contributed by atoms with Gasteiger partial charge in [0.25, 0.3) is 0 Å². The number of nitrogens with two attached hydrogens (primary N) is 1. The van der Waals surface area contributed by atoms with Crippen LogP contribution in [0.5, 0.6) is 11.5 Å². The molecule has 0 aliphatic rings. The Bertz CT molecular complexity index is 417. The van der Waals surface area contributed by atoms with Crippen LogP contribution in [0.4, 0.5) is 0 Å². The third-order valence-electron chi connectivity index (χ3n) is 1.71. The lowest BCUT2D eigenvalue weighted by atomic mass is 10.2. The second-order valence-corrected chi connectivity index (χ2v) is 2.77. The zero-order valence-electron chi connectivity index (χ0n) is 8.58. The van der Waals surface area contributed by atoms with Gasteiger partial charge in [0.2, 0.25) is 5.96 Å². The molecule has 1 aromatic rings. The molecule has 5 N–H and O–H groups in total. The topological polar surface area (TPSA) is 112 Å². The molecule has 0 saturated carbocycles. The summed E-state index contributed by atoms with van der Waals surface area (Å²) in [5.74, 6) is 0.366. The molecule has 7 heteroatoms. The summed E-state index contributed by atoms with van der Waals surface area (Å²) in [7, 11) is 1.51. The van der Waals surface area contributed by atoms with Crippen LogP contribution < -0.4 is 16.0 Å². The fourth-order valence-corrected chi connectivity index (χ4v) is 0.939. The summed E-state index contributed by atoms with van der Waals surface area (Å²) in [5.41, 5.74) is 7.16. The predicted octanol–water partition coefficient (Wildman–Crippen LogP) is 0.0282. The summed E-state index contributed by atoms with van der Waals surface area (Å²) in [4.78, 5) is 0. The first kappa shape index (κ1) is 11.8. The minimum atomic E-state index is -0.251. The third kappa shape index (κ3) is 3.14. The van der Waals surface area contributed by atoms with Crippen molar-refractivity contribution in [3.63, 3.8) is 0 Å². The number of hydrogen-bond donors (Lipinski definition) is 4. The van der Waals surface area contributed by atoms with Gasteiger partial charge in [-0.25, -0.2) is 5.48 Å². The van der Waals surface area contributed by atoms with Crippen LogP contribution in [0.3, 0.4) is 0 Å². The monoisotopic (exact) mass is 224 g/mol. The second-order valence-electron chi connectivity index (χ2n) is 2.77. The van der Waals surface area contributed by atoms with Gasteiger partial charge in [0.05, 0.1) is 13.3 Å². The van der Waals surface area contributed by atoms with Gasteiger partial charge < -0.3 is 15.6 Å². The Labute approximate surface area is 91.8 Å². The van der Waals surface area contributed by atoms with Crippen molar-refractivity contribution in [2.75, 3.05) is 7.11 Å². The number of nitrogens with zero attached hydrogens (tertiary/aromatic N) is 2. The Hall–Kier alpha value is -2.28. The summed E-state index contributed by atoms with van der Waals surface area (Å²) in [6.45, 7) is 0. The Kier molecular flexibility index (Phi) is 4.10. The van der Waals surface area contributed by atoms with Gasteiger partial charge in [0, 0.05) is 5.56 Å². The maximum atomic E-state index is 9.46. The quantitative estimate of drug-likeness (QED) is 0.328. The van der Waals surface area contributed by atoms with E-state index in [1.54, 1.807) is 17.6 Å². The van der Waals surface area contributed by atoms with E-state index in [9.17, 15) is 5.11 Å². The van der Waals surface area contributed by atoms with Gasteiger partial charge in [0.15, 0.2) is 0 Å². The molecule has 0 bridgehead atoms. The van der Waals surface area contributed by atoms with Gasteiger partial charge >= 0.3 is 0 Å². The molecular weight excluding hydrogens is 212 g/mol. The Morgan fingerprint density at radius 2 is 2.31 bits per heavy atom. The number of rotatable bonds is 3. The van der Waals surface area contributed by atoms with Gasteiger partial charge in [0.1, 0.15) is 11.5 Å². The number of phenols is 1. The van der Waals surface area contributed by atoms with Crippen molar-refractivity contribution >= 4 is 12.2 Å². The molecule has 86 valence electrons. The molecule has 16 heavy (non-hydrogen) atoms. The zero-order valence-corrected chi connectivity index (χ0v) is 8.58. The summed E-state index contributed by atoms with van der Waals surface area (Å²) < 4.78 is 4.97. The number of benzene rings is 1. The van der Waals surface area contributed by atoms with Crippen LogP contribution in [0.25, 0.3) is 0 Å². The number of hydroxylamine groups is 1. The van der Waals surface area contributed by atoms with Crippen molar-refractivity contribution in [2.24, 2.45) is 15.9 Å². The lowest BCUT2D eigenvalue weighted by molar-refractivity contribution is 0.232. The van der Waals surface area contributed by atoms with Gasteiger partial charge in [-0.3, -0.25) is 5.21 Å². The van der Waals surface area contributed by atoms with E-state index in [2.05, 4.69) is 10.2 Å². The summed E-state index contributed by atoms with van der Waals surface area (Å²) in [6, 6.07) is 4.66. The van der Waals surface area contributed by atoms with Crippen LogP contribution in [0.2, 0.25) is 0 Å². The lowest BCUT2D eigenvalue weighted by Gasteiger charge is -2.02. The van der Waals surface area contributed by atoms with Gasteiger partial charge in [-0.05, 0) is 18.2 Å². The average Bonchev–Trinajstić information content (AvgIpc) is 2.31. The standard InChI is InChI=1S/C9H12N4O3/c1-16-7-2-3-8(14)6(4-7)5-11-12-9(10)13-15/h2-5,14-15H,1H3,(H3,10,12,13)/b11-5-. The first-order chi connectivity index (χ1) is 7.67. The highest BCUT2D eigenvalue weighted by Gasteiger charge is 1.99. The maximum Gasteiger partial charge on any atom is 0.237 e. The van der Waals surface area contributed by atoms with Crippen molar-refractivity contribution in [3.05, 3.63) is 23.8 Å². The molecule has 0 radical (unpaired) electrons. The zero-order chi connectivity index (χ0) is 12.0. The highest BCUT2D eigenvalue weighted by Crippen LogP contribution is 2.20. The highest BCUT2D eigenvalue weighted by molar-refractivity contribution is 5.85. The van der Waals surface area contributed by atoms with Gasteiger partial charge in [-0.15, -0.1) is 5.10 Å². The molecule has 0 aromatic heterocycles. The summed E-state index contributed by atoms with van der Waals surface area (Å²) in [6.07, 6.45) is 1.28. The molecule has 0 unspecified atom stereocenters. The van der Waals surface area contributed by atoms with Crippen LogP contribution in [0, 0.1) is 0 Å². The smallest absolute Gasteiger partial charge is 0.237 e.